The van der Waals surface area contributed by atoms with Crippen LogP contribution in [0.2, 0.25) is 0 Å². The molecular formula is C20H15N3O4S2. The molecule has 0 aliphatic carbocycles. The second-order valence-electron chi connectivity index (χ2n) is 6.38. The Bertz CT molecular complexity index is 1420. The van der Waals surface area contributed by atoms with Gasteiger partial charge >= 0.3 is 5.97 Å². The zero-order valence-corrected chi connectivity index (χ0v) is 17.1. The van der Waals surface area contributed by atoms with E-state index in [9.17, 15) is 14.4 Å². The molecule has 0 aliphatic rings. The summed E-state index contributed by atoms with van der Waals surface area (Å²) in [4.78, 5) is 40.4. The first-order chi connectivity index (χ1) is 13.9. The molecular weight excluding hydrogens is 410 g/mol. The normalized spacial score (nSPS) is 11.0. The van der Waals surface area contributed by atoms with Gasteiger partial charge in [0.25, 0.3) is 11.5 Å². The number of fused-ring (bicyclic) bond motifs is 3. The van der Waals surface area contributed by atoms with E-state index in [0.717, 1.165) is 16.9 Å². The maximum Gasteiger partial charge on any atom is 0.337 e. The highest BCUT2D eigenvalue weighted by atomic mass is 32.1. The van der Waals surface area contributed by atoms with Crippen molar-refractivity contribution in [1.29, 1.82) is 0 Å². The fraction of sp³-hybridized carbons (Fsp3) is 0.100. The second kappa shape index (κ2) is 7.26. The van der Waals surface area contributed by atoms with Crippen LogP contribution in [0.1, 0.15) is 25.6 Å². The van der Waals surface area contributed by atoms with Crippen LogP contribution >= 0.6 is 23.6 Å². The fourth-order valence-electron chi connectivity index (χ4n) is 3.10. The number of aromatic nitrogens is 2. The van der Waals surface area contributed by atoms with E-state index >= 15 is 0 Å². The number of aromatic amines is 1. The number of nitrogens with one attached hydrogen (secondary N) is 2. The molecule has 9 heteroatoms. The van der Waals surface area contributed by atoms with Crippen LogP contribution < -0.4 is 10.9 Å². The molecule has 0 aliphatic heterocycles. The Morgan fingerprint density at radius 2 is 2.00 bits per heavy atom. The number of H-pyrrole nitrogens is 1. The highest BCUT2D eigenvalue weighted by Gasteiger charge is 2.19. The van der Waals surface area contributed by atoms with Crippen LogP contribution in [0.25, 0.3) is 16.6 Å². The molecule has 2 N–H and O–H groups in total. The third kappa shape index (κ3) is 3.34. The number of carbonyl (C=O) groups is 2. The average molecular weight is 425 g/mol. The first-order valence-corrected chi connectivity index (χ1v) is 9.79. The number of methoxy groups -OCH3 is 1. The van der Waals surface area contributed by atoms with Gasteiger partial charge in [-0.2, -0.15) is 0 Å². The van der Waals surface area contributed by atoms with E-state index in [2.05, 4.69) is 10.3 Å². The van der Waals surface area contributed by atoms with E-state index < -0.39 is 5.97 Å². The van der Waals surface area contributed by atoms with Gasteiger partial charge in [0, 0.05) is 5.69 Å². The Kier molecular flexibility index (Phi) is 4.77. The molecule has 0 bridgehead atoms. The smallest absolute Gasteiger partial charge is 0.337 e. The number of thiazole rings is 1. The molecule has 0 saturated heterocycles. The molecule has 2 aromatic heterocycles. The van der Waals surface area contributed by atoms with Gasteiger partial charge in [-0.1, -0.05) is 23.5 Å². The van der Waals surface area contributed by atoms with E-state index in [-0.39, 0.29) is 27.6 Å². The lowest BCUT2D eigenvalue weighted by atomic mass is 10.1. The predicted molar refractivity (Wildman–Crippen MR) is 115 cm³/mol. The van der Waals surface area contributed by atoms with Gasteiger partial charge in [0.05, 0.1) is 23.6 Å². The molecule has 0 saturated carbocycles. The van der Waals surface area contributed by atoms with Gasteiger partial charge in [-0.15, -0.1) is 0 Å². The minimum atomic E-state index is -0.528. The number of anilines is 1. The minimum Gasteiger partial charge on any atom is -0.465 e. The summed E-state index contributed by atoms with van der Waals surface area (Å²) in [5, 5.41) is 3.18. The fourth-order valence-corrected chi connectivity index (χ4v) is 4.38. The van der Waals surface area contributed by atoms with Gasteiger partial charge in [0.1, 0.15) is 10.5 Å². The lowest BCUT2D eigenvalue weighted by molar-refractivity contribution is 0.0600. The molecule has 0 unspecified atom stereocenters. The Hall–Kier alpha value is -3.30. The second-order valence-corrected chi connectivity index (χ2v) is 8.03. The van der Waals surface area contributed by atoms with Gasteiger partial charge in [-0.25, -0.2) is 4.79 Å². The molecule has 29 heavy (non-hydrogen) atoms. The van der Waals surface area contributed by atoms with Crippen LogP contribution in [0.15, 0.2) is 47.3 Å². The topological polar surface area (TPSA) is 92.7 Å². The highest BCUT2D eigenvalue weighted by Crippen LogP contribution is 2.24. The van der Waals surface area contributed by atoms with Crippen LogP contribution in [0.4, 0.5) is 5.69 Å². The van der Waals surface area contributed by atoms with Crippen molar-refractivity contribution in [2.45, 2.75) is 6.92 Å². The molecule has 4 aromatic rings. The van der Waals surface area contributed by atoms with Crippen molar-refractivity contribution < 1.29 is 14.3 Å². The summed E-state index contributed by atoms with van der Waals surface area (Å²) in [5.41, 5.74) is 2.27. The van der Waals surface area contributed by atoms with Crippen LogP contribution in [-0.4, -0.2) is 28.4 Å². The number of carbonyl (C=O) groups excluding carboxylic acids is 2. The third-order valence-corrected chi connectivity index (χ3v) is 5.80. The SMILES string of the molecule is COC(=O)c1ccc2c(=O)[nH]c3c(C(=O)Nc4cccc(C)c4)sc(=S)n3c2c1. The Morgan fingerprint density at radius 3 is 2.72 bits per heavy atom. The molecule has 146 valence electrons. The zero-order chi connectivity index (χ0) is 20.7. The van der Waals surface area contributed by atoms with E-state index in [1.807, 2.05) is 25.1 Å². The van der Waals surface area contributed by atoms with Crippen molar-refractivity contribution >= 4 is 57.7 Å². The number of rotatable bonds is 3. The van der Waals surface area contributed by atoms with Crippen molar-refractivity contribution in [2.75, 3.05) is 12.4 Å². The maximum absolute atomic E-state index is 12.9. The molecule has 0 radical (unpaired) electrons. The lowest BCUT2D eigenvalue weighted by Crippen LogP contribution is -2.15. The van der Waals surface area contributed by atoms with Gasteiger partial charge in [-0.3, -0.25) is 14.0 Å². The first-order valence-electron chi connectivity index (χ1n) is 8.57. The standard InChI is InChI=1S/C20H15N3O4S2/c1-10-4-3-5-12(8-10)21-18(25)15-16-22-17(24)13-7-6-11(19(26)27-2)9-14(13)23(16)20(28)29-15/h3-9H,1-2H3,(H,21,25)(H,22,24). The van der Waals surface area contributed by atoms with Gasteiger partial charge in [0.2, 0.25) is 0 Å². The summed E-state index contributed by atoms with van der Waals surface area (Å²) >= 11 is 6.53. The first kappa shape index (κ1) is 19.0. The van der Waals surface area contributed by atoms with Crippen LogP contribution in [0.5, 0.6) is 0 Å². The molecule has 2 aromatic carbocycles. The van der Waals surface area contributed by atoms with E-state index in [1.54, 1.807) is 10.5 Å². The monoisotopic (exact) mass is 425 g/mol. The molecule has 4 rings (SSSR count). The van der Waals surface area contributed by atoms with E-state index in [4.69, 9.17) is 17.0 Å². The number of ether oxygens (including phenoxy) is 1. The molecule has 0 atom stereocenters. The lowest BCUT2D eigenvalue weighted by Gasteiger charge is -2.07. The van der Waals surface area contributed by atoms with Crippen LogP contribution in [-0.2, 0) is 4.74 Å². The summed E-state index contributed by atoms with van der Waals surface area (Å²) in [5.74, 6) is -0.909. The molecule has 0 fully saturated rings. The van der Waals surface area contributed by atoms with Gasteiger partial charge < -0.3 is 15.0 Å². The molecule has 0 spiro atoms. The summed E-state index contributed by atoms with van der Waals surface area (Å²) in [6.07, 6.45) is 0. The Labute approximate surface area is 173 Å². The number of hydrogen-bond acceptors (Lipinski definition) is 6. The number of hydrogen-bond donors (Lipinski definition) is 2. The van der Waals surface area contributed by atoms with Gasteiger partial charge in [0.15, 0.2) is 3.95 Å². The minimum absolute atomic E-state index is 0.277. The van der Waals surface area contributed by atoms with E-state index in [0.29, 0.717) is 20.5 Å². The van der Waals surface area contributed by atoms with Crippen LogP contribution in [0.3, 0.4) is 0 Å². The predicted octanol–water partition coefficient (Wildman–Crippen LogP) is 3.92. The summed E-state index contributed by atoms with van der Waals surface area (Å²) in [7, 11) is 1.28. The maximum atomic E-state index is 12.9. The molecule has 1 amide bonds. The average Bonchev–Trinajstić information content (AvgIpc) is 3.03. The summed E-state index contributed by atoms with van der Waals surface area (Å²) in [6, 6.07) is 12.0. The summed E-state index contributed by atoms with van der Waals surface area (Å²) < 4.78 is 6.72. The molecule has 2 heterocycles. The number of benzene rings is 2. The number of esters is 1. The van der Waals surface area contributed by atoms with Crippen molar-refractivity contribution in [1.82, 2.24) is 9.38 Å². The van der Waals surface area contributed by atoms with Crippen molar-refractivity contribution in [2.24, 2.45) is 0 Å². The highest BCUT2D eigenvalue weighted by molar-refractivity contribution is 7.73. The largest absolute Gasteiger partial charge is 0.465 e. The van der Waals surface area contributed by atoms with Crippen molar-refractivity contribution in [3.63, 3.8) is 0 Å². The number of amides is 1. The Morgan fingerprint density at radius 1 is 1.21 bits per heavy atom. The zero-order valence-electron chi connectivity index (χ0n) is 15.4. The number of aryl methyl sites for hydroxylation is 1. The van der Waals surface area contributed by atoms with Crippen molar-refractivity contribution in [3.8, 4) is 0 Å². The van der Waals surface area contributed by atoms with Crippen molar-refractivity contribution in [3.05, 3.63) is 72.8 Å². The molecule has 7 nitrogen and oxygen atoms in total. The number of nitrogens with zero attached hydrogens (tertiary/aromatic N) is 1. The van der Waals surface area contributed by atoms with Gasteiger partial charge in [-0.05, 0) is 55.0 Å². The third-order valence-electron chi connectivity index (χ3n) is 4.43. The van der Waals surface area contributed by atoms with Crippen LogP contribution in [0, 0.1) is 10.9 Å². The summed E-state index contributed by atoms with van der Waals surface area (Å²) in [6.45, 7) is 1.93. The quantitative estimate of drug-likeness (QED) is 0.383. The van der Waals surface area contributed by atoms with E-state index in [1.165, 1.54) is 25.3 Å². The Balaban J connectivity index is 1.91.